The van der Waals surface area contributed by atoms with Gasteiger partial charge in [0.1, 0.15) is 5.75 Å². The molecule has 0 amide bonds. The molecule has 0 aliphatic carbocycles. The Morgan fingerprint density at radius 3 is 2.45 bits per heavy atom. The molecule has 2 aromatic carbocycles. The summed E-state index contributed by atoms with van der Waals surface area (Å²) < 4.78 is 6.75. The predicted octanol–water partition coefficient (Wildman–Crippen LogP) is 4.95. The Bertz CT molecular complexity index is 1240. The third kappa shape index (κ3) is 4.92. The fourth-order valence-electron chi connectivity index (χ4n) is 3.44. The number of anilines is 1. The van der Waals surface area contributed by atoms with E-state index < -0.39 is 0 Å². The number of hydrogen-bond donors (Lipinski definition) is 1. The van der Waals surface area contributed by atoms with Crippen LogP contribution in [0.5, 0.6) is 5.75 Å². The standard InChI is InChI=1S/C26H27N5O2/c1-26(2,3)21-13-11-18(12-14-21)24(32)31-25(28-17-19-8-5-6-10-22(19)33-4)29-23(30-31)20-9-7-15-27-16-20/h5-16H,17H2,1-4H3,(H,28,29,30). The minimum atomic E-state index is -0.263. The van der Waals surface area contributed by atoms with Gasteiger partial charge in [0.25, 0.3) is 5.91 Å². The van der Waals surface area contributed by atoms with E-state index in [-0.39, 0.29) is 11.3 Å². The van der Waals surface area contributed by atoms with Crippen molar-refractivity contribution in [3.8, 4) is 17.1 Å². The lowest BCUT2D eigenvalue weighted by atomic mass is 9.87. The Labute approximate surface area is 193 Å². The first-order valence-electron chi connectivity index (χ1n) is 10.8. The van der Waals surface area contributed by atoms with Gasteiger partial charge in [-0.1, -0.05) is 51.1 Å². The van der Waals surface area contributed by atoms with Gasteiger partial charge in [-0.15, -0.1) is 5.10 Å². The summed E-state index contributed by atoms with van der Waals surface area (Å²) in [5.74, 6) is 1.27. The van der Waals surface area contributed by atoms with Gasteiger partial charge in [-0.05, 0) is 41.3 Å². The maximum Gasteiger partial charge on any atom is 0.281 e. The van der Waals surface area contributed by atoms with Crippen LogP contribution in [0.25, 0.3) is 11.4 Å². The Kier molecular flexibility index (Phi) is 6.22. The first-order valence-corrected chi connectivity index (χ1v) is 10.8. The number of hydrogen-bond acceptors (Lipinski definition) is 6. The van der Waals surface area contributed by atoms with E-state index in [0.29, 0.717) is 23.9 Å². The van der Waals surface area contributed by atoms with E-state index in [1.54, 1.807) is 19.5 Å². The smallest absolute Gasteiger partial charge is 0.281 e. The van der Waals surface area contributed by atoms with E-state index in [9.17, 15) is 4.79 Å². The van der Waals surface area contributed by atoms with Gasteiger partial charge in [0.15, 0.2) is 5.82 Å². The van der Waals surface area contributed by atoms with Crippen LogP contribution in [0.3, 0.4) is 0 Å². The average Bonchev–Trinajstić information content (AvgIpc) is 3.27. The van der Waals surface area contributed by atoms with Crippen LogP contribution in [0.2, 0.25) is 0 Å². The molecule has 0 fully saturated rings. The van der Waals surface area contributed by atoms with E-state index in [2.05, 4.69) is 41.2 Å². The van der Waals surface area contributed by atoms with E-state index in [0.717, 1.165) is 22.4 Å². The number of ether oxygens (including phenoxy) is 1. The van der Waals surface area contributed by atoms with Crippen molar-refractivity contribution in [1.82, 2.24) is 19.7 Å². The summed E-state index contributed by atoms with van der Waals surface area (Å²) in [5.41, 5.74) is 3.37. The summed E-state index contributed by atoms with van der Waals surface area (Å²) in [5, 5.41) is 7.75. The van der Waals surface area contributed by atoms with Crippen LogP contribution in [0.4, 0.5) is 5.95 Å². The summed E-state index contributed by atoms with van der Waals surface area (Å²) in [6.07, 6.45) is 3.36. The second-order valence-corrected chi connectivity index (χ2v) is 8.71. The number of nitrogens with one attached hydrogen (secondary N) is 1. The molecule has 2 aromatic heterocycles. The highest BCUT2D eigenvalue weighted by Crippen LogP contribution is 2.24. The molecule has 0 aliphatic rings. The van der Waals surface area contributed by atoms with Gasteiger partial charge >= 0.3 is 0 Å². The second-order valence-electron chi connectivity index (χ2n) is 8.71. The van der Waals surface area contributed by atoms with Crippen LogP contribution in [0.15, 0.2) is 73.1 Å². The number of carbonyl (C=O) groups is 1. The molecule has 0 bridgehead atoms. The van der Waals surface area contributed by atoms with Crippen LogP contribution in [-0.2, 0) is 12.0 Å². The molecule has 7 nitrogen and oxygen atoms in total. The fourth-order valence-corrected chi connectivity index (χ4v) is 3.44. The van der Waals surface area contributed by atoms with Gasteiger partial charge in [0, 0.05) is 35.6 Å². The lowest BCUT2D eigenvalue weighted by Crippen LogP contribution is -2.18. The van der Waals surface area contributed by atoms with Crippen molar-refractivity contribution in [2.75, 3.05) is 12.4 Å². The molecule has 4 aromatic rings. The highest BCUT2D eigenvalue weighted by molar-refractivity contribution is 5.97. The number of aromatic nitrogens is 4. The first kappa shape index (κ1) is 22.2. The highest BCUT2D eigenvalue weighted by atomic mass is 16.5. The minimum absolute atomic E-state index is 0.00374. The number of benzene rings is 2. The molecule has 0 unspecified atom stereocenters. The van der Waals surface area contributed by atoms with E-state index >= 15 is 0 Å². The van der Waals surface area contributed by atoms with E-state index in [1.165, 1.54) is 4.68 Å². The molecule has 0 atom stereocenters. The normalized spacial score (nSPS) is 11.3. The zero-order valence-electron chi connectivity index (χ0n) is 19.2. The Morgan fingerprint density at radius 2 is 1.79 bits per heavy atom. The number of para-hydroxylation sites is 1. The number of carbonyl (C=O) groups excluding carboxylic acids is 1. The molecule has 0 aliphatic heterocycles. The maximum atomic E-state index is 13.4. The topological polar surface area (TPSA) is 81.9 Å². The summed E-state index contributed by atoms with van der Waals surface area (Å²) in [4.78, 5) is 22.1. The summed E-state index contributed by atoms with van der Waals surface area (Å²) in [6, 6.07) is 19.0. The van der Waals surface area contributed by atoms with E-state index in [1.807, 2.05) is 60.7 Å². The van der Waals surface area contributed by atoms with Gasteiger partial charge in [-0.25, -0.2) is 0 Å². The van der Waals surface area contributed by atoms with Crippen molar-refractivity contribution < 1.29 is 9.53 Å². The van der Waals surface area contributed by atoms with Crippen LogP contribution in [0.1, 0.15) is 42.3 Å². The van der Waals surface area contributed by atoms with Gasteiger partial charge in [0.2, 0.25) is 5.95 Å². The quantitative estimate of drug-likeness (QED) is 0.456. The summed E-state index contributed by atoms with van der Waals surface area (Å²) >= 11 is 0. The third-order valence-electron chi connectivity index (χ3n) is 5.35. The molecule has 168 valence electrons. The molecular formula is C26H27N5O2. The summed E-state index contributed by atoms with van der Waals surface area (Å²) in [6.45, 7) is 6.84. The Balaban J connectivity index is 1.68. The second kappa shape index (κ2) is 9.24. The molecule has 2 heterocycles. The fraction of sp³-hybridized carbons (Fsp3) is 0.231. The predicted molar refractivity (Wildman–Crippen MR) is 128 cm³/mol. The lowest BCUT2D eigenvalue weighted by molar-refractivity contribution is 0.0947. The Hall–Kier alpha value is -4.00. The first-order chi connectivity index (χ1) is 15.9. The monoisotopic (exact) mass is 441 g/mol. The summed E-state index contributed by atoms with van der Waals surface area (Å²) in [7, 11) is 1.63. The van der Waals surface area contributed by atoms with Crippen LogP contribution < -0.4 is 10.1 Å². The number of nitrogens with zero attached hydrogens (tertiary/aromatic N) is 4. The van der Waals surface area contributed by atoms with Gasteiger partial charge in [0.05, 0.1) is 7.11 Å². The number of pyridine rings is 1. The van der Waals surface area contributed by atoms with Crippen molar-refractivity contribution in [1.29, 1.82) is 0 Å². The van der Waals surface area contributed by atoms with Crippen LogP contribution >= 0.6 is 0 Å². The lowest BCUT2D eigenvalue weighted by Gasteiger charge is -2.19. The molecule has 0 saturated carbocycles. The zero-order chi connectivity index (χ0) is 23.4. The zero-order valence-corrected chi connectivity index (χ0v) is 19.2. The maximum absolute atomic E-state index is 13.4. The molecular weight excluding hydrogens is 414 g/mol. The van der Waals surface area contributed by atoms with Gasteiger partial charge < -0.3 is 10.1 Å². The van der Waals surface area contributed by atoms with Crippen LogP contribution in [0, 0.1) is 0 Å². The average molecular weight is 442 g/mol. The van der Waals surface area contributed by atoms with Crippen molar-refractivity contribution in [3.05, 3.63) is 89.7 Å². The van der Waals surface area contributed by atoms with Crippen molar-refractivity contribution >= 4 is 11.9 Å². The van der Waals surface area contributed by atoms with E-state index in [4.69, 9.17) is 4.74 Å². The number of methoxy groups -OCH3 is 1. The molecule has 0 spiro atoms. The number of rotatable bonds is 6. The molecule has 0 radical (unpaired) electrons. The molecule has 4 rings (SSSR count). The van der Waals surface area contributed by atoms with Crippen molar-refractivity contribution in [2.45, 2.75) is 32.7 Å². The third-order valence-corrected chi connectivity index (χ3v) is 5.35. The largest absolute Gasteiger partial charge is 0.496 e. The van der Waals surface area contributed by atoms with Crippen molar-refractivity contribution in [2.24, 2.45) is 0 Å². The molecule has 0 saturated heterocycles. The minimum Gasteiger partial charge on any atom is -0.496 e. The molecule has 33 heavy (non-hydrogen) atoms. The van der Waals surface area contributed by atoms with Gasteiger partial charge in [-0.2, -0.15) is 9.67 Å². The van der Waals surface area contributed by atoms with Crippen molar-refractivity contribution in [3.63, 3.8) is 0 Å². The highest BCUT2D eigenvalue weighted by Gasteiger charge is 2.20. The Morgan fingerprint density at radius 1 is 1.03 bits per heavy atom. The molecule has 7 heteroatoms. The molecule has 1 N–H and O–H groups in total. The van der Waals surface area contributed by atoms with Gasteiger partial charge in [-0.3, -0.25) is 9.78 Å². The SMILES string of the molecule is COc1ccccc1CNc1nc(-c2cccnc2)nn1C(=O)c1ccc(C(C)(C)C)cc1. The van der Waals surface area contributed by atoms with Crippen LogP contribution in [-0.4, -0.2) is 32.8 Å².